The van der Waals surface area contributed by atoms with Gasteiger partial charge >= 0.3 is 0 Å². The fraction of sp³-hybridized carbons (Fsp3) is 0.833. The lowest BCUT2D eigenvalue weighted by Crippen LogP contribution is -2.07. The Kier molecular flexibility index (Phi) is 5.45. The molecule has 1 aliphatic carbocycles. The molecule has 1 fully saturated rings. The lowest BCUT2D eigenvalue weighted by molar-refractivity contribution is 0.106. The van der Waals surface area contributed by atoms with E-state index in [4.69, 9.17) is 4.74 Å². The topological polar surface area (TPSA) is 9.23 Å². The van der Waals surface area contributed by atoms with Crippen molar-refractivity contribution in [1.82, 2.24) is 0 Å². The summed E-state index contributed by atoms with van der Waals surface area (Å²) >= 11 is 0. The predicted molar refractivity (Wildman–Crippen MR) is 56.2 cm³/mol. The third-order valence-corrected chi connectivity index (χ3v) is 2.82. The van der Waals surface area contributed by atoms with Crippen LogP contribution in [-0.4, -0.2) is 13.2 Å². The maximum absolute atomic E-state index is 5.60. The van der Waals surface area contributed by atoms with E-state index < -0.39 is 0 Å². The van der Waals surface area contributed by atoms with Crippen molar-refractivity contribution >= 4 is 0 Å². The van der Waals surface area contributed by atoms with Crippen molar-refractivity contribution in [2.24, 2.45) is 11.8 Å². The monoisotopic (exact) mass is 182 g/mol. The molecule has 0 saturated heterocycles. The molecule has 13 heavy (non-hydrogen) atoms. The number of unbranched alkanes of at least 4 members (excludes halogenated alkanes) is 1. The average Bonchev–Trinajstić information content (AvgIpc) is 2.60. The molecule has 0 spiro atoms. The Morgan fingerprint density at radius 3 is 3.00 bits per heavy atom. The zero-order valence-electron chi connectivity index (χ0n) is 8.80. The minimum atomic E-state index is 0.712. The van der Waals surface area contributed by atoms with Gasteiger partial charge in [-0.05, 0) is 37.5 Å². The van der Waals surface area contributed by atoms with Crippen LogP contribution in [0.5, 0.6) is 0 Å². The van der Waals surface area contributed by atoms with Gasteiger partial charge < -0.3 is 4.74 Å². The summed E-state index contributed by atoms with van der Waals surface area (Å²) in [4.78, 5) is 0. The molecule has 0 heterocycles. The lowest BCUT2D eigenvalue weighted by atomic mass is 10.0. The molecule has 0 amide bonds. The molecule has 0 aromatic rings. The van der Waals surface area contributed by atoms with Crippen LogP contribution in [0.2, 0.25) is 0 Å². The first-order valence-electron chi connectivity index (χ1n) is 5.57. The summed E-state index contributed by atoms with van der Waals surface area (Å²) in [5, 5.41) is 0. The molecule has 1 nitrogen and oxygen atoms in total. The van der Waals surface area contributed by atoms with Crippen LogP contribution >= 0.6 is 0 Å². The molecule has 2 atom stereocenters. The highest BCUT2D eigenvalue weighted by atomic mass is 16.5. The maximum Gasteiger partial charge on any atom is 0.0497 e. The van der Waals surface area contributed by atoms with E-state index in [1.54, 1.807) is 0 Å². The van der Waals surface area contributed by atoms with E-state index in [9.17, 15) is 0 Å². The van der Waals surface area contributed by atoms with E-state index in [1.165, 1.54) is 25.7 Å². The van der Waals surface area contributed by atoms with E-state index in [-0.39, 0.29) is 0 Å². The fourth-order valence-electron chi connectivity index (χ4n) is 1.86. The molecule has 0 aromatic heterocycles. The van der Waals surface area contributed by atoms with Crippen LogP contribution in [0.1, 0.15) is 39.0 Å². The number of hydrogen-bond donors (Lipinski definition) is 0. The summed E-state index contributed by atoms with van der Waals surface area (Å²) in [5.41, 5.74) is 0. The standard InChI is InChI=1S/C12H22O/c1-3-5-8-13-10-12-7-6-11(4-2)9-12/h7,11-12H,2-6,8-10H2,1H3. The Morgan fingerprint density at radius 2 is 2.38 bits per heavy atom. The van der Waals surface area contributed by atoms with Crippen LogP contribution in [0.25, 0.3) is 0 Å². The van der Waals surface area contributed by atoms with Crippen molar-refractivity contribution < 1.29 is 4.74 Å². The largest absolute Gasteiger partial charge is 0.381 e. The van der Waals surface area contributed by atoms with Gasteiger partial charge in [-0.1, -0.05) is 26.7 Å². The maximum atomic E-state index is 5.60. The van der Waals surface area contributed by atoms with Crippen molar-refractivity contribution in [3.05, 3.63) is 13.3 Å². The van der Waals surface area contributed by atoms with E-state index in [2.05, 4.69) is 20.3 Å². The number of ether oxygens (including phenoxy) is 1. The quantitative estimate of drug-likeness (QED) is 0.573. The SMILES string of the molecule is [CH2]CC1C[CH]C(COCCCC)C1. The first-order chi connectivity index (χ1) is 6.36. The molecule has 1 aliphatic rings. The number of hydrogen-bond acceptors (Lipinski definition) is 1. The Morgan fingerprint density at radius 1 is 1.54 bits per heavy atom. The minimum Gasteiger partial charge on any atom is -0.381 e. The van der Waals surface area contributed by atoms with Gasteiger partial charge in [0.25, 0.3) is 0 Å². The molecule has 0 bridgehead atoms. The molecule has 76 valence electrons. The summed E-state index contributed by atoms with van der Waals surface area (Å²) in [6, 6.07) is 0. The molecular formula is C12H22O. The van der Waals surface area contributed by atoms with Gasteiger partial charge in [-0.25, -0.2) is 0 Å². The molecule has 0 aliphatic heterocycles. The van der Waals surface area contributed by atoms with Gasteiger partial charge in [-0.2, -0.15) is 0 Å². The van der Waals surface area contributed by atoms with Crippen LogP contribution in [0, 0.1) is 25.2 Å². The molecule has 2 unspecified atom stereocenters. The molecule has 1 heteroatoms. The second-order valence-corrected chi connectivity index (χ2v) is 4.05. The van der Waals surface area contributed by atoms with Gasteiger partial charge in [-0.3, -0.25) is 0 Å². The van der Waals surface area contributed by atoms with Crippen LogP contribution in [0.3, 0.4) is 0 Å². The van der Waals surface area contributed by atoms with Gasteiger partial charge in [0, 0.05) is 13.2 Å². The van der Waals surface area contributed by atoms with Crippen LogP contribution in [-0.2, 0) is 4.74 Å². The van der Waals surface area contributed by atoms with Gasteiger partial charge in [0.1, 0.15) is 0 Å². The average molecular weight is 182 g/mol. The normalized spacial score (nSPS) is 28.2. The Bertz CT molecular complexity index is 122. The first kappa shape index (κ1) is 11.0. The Hall–Kier alpha value is -0.0400. The van der Waals surface area contributed by atoms with E-state index in [0.717, 1.165) is 25.6 Å². The summed E-state index contributed by atoms with van der Waals surface area (Å²) in [5.74, 6) is 1.54. The van der Waals surface area contributed by atoms with Crippen molar-refractivity contribution in [2.45, 2.75) is 39.0 Å². The van der Waals surface area contributed by atoms with Gasteiger partial charge in [0.05, 0.1) is 0 Å². The van der Waals surface area contributed by atoms with Crippen molar-refractivity contribution in [1.29, 1.82) is 0 Å². The van der Waals surface area contributed by atoms with Crippen LogP contribution < -0.4 is 0 Å². The van der Waals surface area contributed by atoms with E-state index in [0.29, 0.717) is 5.92 Å². The van der Waals surface area contributed by atoms with Gasteiger partial charge in [0.2, 0.25) is 0 Å². The second-order valence-electron chi connectivity index (χ2n) is 4.05. The third-order valence-electron chi connectivity index (χ3n) is 2.82. The molecule has 0 N–H and O–H groups in total. The fourth-order valence-corrected chi connectivity index (χ4v) is 1.86. The molecule has 1 saturated carbocycles. The minimum absolute atomic E-state index is 0.712. The lowest BCUT2D eigenvalue weighted by Gasteiger charge is -2.10. The smallest absolute Gasteiger partial charge is 0.0497 e. The predicted octanol–water partition coefficient (Wildman–Crippen LogP) is 3.26. The van der Waals surface area contributed by atoms with E-state index in [1.807, 2.05) is 0 Å². The highest BCUT2D eigenvalue weighted by Gasteiger charge is 2.23. The van der Waals surface area contributed by atoms with Gasteiger partial charge in [-0.15, -0.1) is 0 Å². The highest BCUT2D eigenvalue weighted by molar-refractivity contribution is 4.89. The Balaban J connectivity index is 1.97. The number of rotatable bonds is 6. The zero-order chi connectivity index (χ0) is 9.52. The second kappa shape index (κ2) is 6.42. The summed E-state index contributed by atoms with van der Waals surface area (Å²) in [7, 11) is 0. The Labute approximate surface area is 82.9 Å². The summed E-state index contributed by atoms with van der Waals surface area (Å²) in [6.07, 6.45) is 8.49. The van der Waals surface area contributed by atoms with E-state index >= 15 is 0 Å². The van der Waals surface area contributed by atoms with Crippen molar-refractivity contribution in [3.63, 3.8) is 0 Å². The molecule has 2 radical (unpaired) electrons. The van der Waals surface area contributed by atoms with Crippen molar-refractivity contribution in [2.75, 3.05) is 13.2 Å². The summed E-state index contributed by atoms with van der Waals surface area (Å²) in [6.45, 7) is 8.03. The van der Waals surface area contributed by atoms with Crippen LogP contribution in [0.15, 0.2) is 0 Å². The highest BCUT2D eigenvalue weighted by Crippen LogP contribution is 2.31. The molecular weight excluding hydrogens is 160 g/mol. The zero-order valence-corrected chi connectivity index (χ0v) is 8.80. The van der Waals surface area contributed by atoms with Crippen LogP contribution in [0.4, 0.5) is 0 Å². The third kappa shape index (κ3) is 4.12. The van der Waals surface area contributed by atoms with Crippen molar-refractivity contribution in [3.8, 4) is 0 Å². The molecule has 0 aromatic carbocycles. The summed E-state index contributed by atoms with van der Waals surface area (Å²) < 4.78 is 5.60. The first-order valence-corrected chi connectivity index (χ1v) is 5.57. The molecule has 1 rings (SSSR count). The van der Waals surface area contributed by atoms with Gasteiger partial charge in [0.15, 0.2) is 0 Å².